The zero-order valence-corrected chi connectivity index (χ0v) is 14.3. The molecule has 1 N–H and O–H groups in total. The molecule has 1 fully saturated rings. The Bertz CT molecular complexity index is 731. The molecule has 4 rings (SSSR count). The van der Waals surface area contributed by atoms with Gasteiger partial charge in [0.15, 0.2) is 0 Å². The van der Waals surface area contributed by atoms with Crippen molar-refractivity contribution in [2.45, 2.75) is 43.8 Å². The molecule has 2 unspecified atom stereocenters. The van der Waals surface area contributed by atoms with Crippen LogP contribution in [0.3, 0.4) is 0 Å². The number of aromatic nitrogens is 3. The zero-order valence-electron chi connectivity index (χ0n) is 13.5. The lowest BCUT2D eigenvalue weighted by Gasteiger charge is -2.43. The number of rotatable bonds is 3. The van der Waals surface area contributed by atoms with Gasteiger partial charge in [0.25, 0.3) is 0 Å². The SMILES string of the molecule is Cn1cc(C2CC3(CCN2)OCCc2cc(CC(F)F)sc23)nn1. The van der Waals surface area contributed by atoms with E-state index in [9.17, 15) is 8.78 Å². The van der Waals surface area contributed by atoms with Crippen molar-refractivity contribution >= 4 is 11.3 Å². The van der Waals surface area contributed by atoms with Crippen LogP contribution in [0.25, 0.3) is 0 Å². The fourth-order valence-electron chi connectivity index (χ4n) is 3.76. The van der Waals surface area contributed by atoms with Gasteiger partial charge in [0.2, 0.25) is 6.43 Å². The quantitative estimate of drug-likeness (QED) is 0.921. The van der Waals surface area contributed by atoms with Crippen LogP contribution in [0.5, 0.6) is 0 Å². The van der Waals surface area contributed by atoms with Crippen LogP contribution in [0.4, 0.5) is 8.78 Å². The Morgan fingerprint density at radius 2 is 2.42 bits per heavy atom. The minimum atomic E-state index is -2.30. The second kappa shape index (κ2) is 6.16. The average Bonchev–Trinajstić information content (AvgIpc) is 3.14. The molecule has 2 aliphatic heterocycles. The summed E-state index contributed by atoms with van der Waals surface area (Å²) in [5, 5.41) is 11.7. The van der Waals surface area contributed by atoms with Crippen LogP contribution >= 0.6 is 11.3 Å². The first-order chi connectivity index (χ1) is 11.6. The zero-order chi connectivity index (χ0) is 16.7. The molecule has 0 aliphatic carbocycles. The van der Waals surface area contributed by atoms with E-state index >= 15 is 0 Å². The number of alkyl halides is 2. The minimum absolute atomic E-state index is 0.0686. The Morgan fingerprint density at radius 1 is 1.54 bits per heavy atom. The predicted octanol–water partition coefficient (Wildman–Crippen LogP) is 2.58. The third-order valence-corrected chi connectivity index (χ3v) is 6.19. The first-order valence-corrected chi connectivity index (χ1v) is 9.01. The third-order valence-electron chi connectivity index (χ3n) is 4.81. The normalized spacial score (nSPS) is 26.9. The first-order valence-electron chi connectivity index (χ1n) is 8.19. The standard InChI is InChI=1S/C16H20F2N4OS/c1-22-9-13(20-21-22)12-8-16(3-4-19-12)15-10(2-5-23-16)6-11(24-15)7-14(17)18/h6,9,12,14,19H,2-5,7-8H2,1H3. The van der Waals surface area contributed by atoms with Gasteiger partial charge >= 0.3 is 0 Å². The molecule has 0 amide bonds. The van der Waals surface area contributed by atoms with Gasteiger partial charge in [-0.1, -0.05) is 5.21 Å². The molecule has 0 saturated carbocycles. The lowest BCUT2D eigenvalue weighted by Crippen LogP contribution is -2.45. The highest BCUT2D eigenvalue weighted by Crippen LogP contribution is 2.47. The summed E-state index contributed by atoms with van der Waals surface area (Å²) in [7, 11) is 1.85. The summed E-state index contributed by atoms with van der Waals surface area (Å²) in [6, 6.07) is 2.02. The van der Waals surface area contributed by atoms with Crippen LogP contribution in [-0.4, -0.2) is 34.6 Å². The van der Waals surface area contributed by atoms with Crippen molar-refractivity contribution in [2.24, 2.45) is 7.05 Å². The van der Waals surface area contributed by atoms with E-state index in [0.717, 1.165) is 41.3 Å². The van der Waals surface area contributed by atoms with Gasteiger partial charge in [-0.05, 0) is 31.0 Å². The van der Waals surface area contributed by atoms with Gasteiger partial charge in [0, 0.05) is 35.8 Å². The Balaban J connectivity index is 1.64. The fraction of sp³-hybridized carbons (Fsp3) is 0.625. The van der Waals surface area contributed by atoms with E-state index in [0.29, 0.717) is 6.61 Å². The van der Waals surface area contributed by atoms with Crippen molar-refractivity contribution in [1.29, 1.82) is 0 Å². The number of nitrogens with one attached hydrogen (secondary N) is 1. The molecule has 0 radical (unpaired) electrons. The Kier molecular flexibility index (Phi) is 4.14. The van der Waals surface area contributed by atoms with Gasteiger partial charge in [-0.2, -0.15) is 0 Å². The number of halogens is 2. The summed E-state index contributed by atoms with van der Waals surface area (Å²) in [5.74, 6) is 0. The number of aryl methyl sites for hydroxylation is 1. The van der Waals surface area contributed by atoms with Gasteiger partial charge in [-0.25, -0.2) is 8.78 Å². The van der Waals surface area contributed by atoms with Crippen molar-refractivity contribution < 1.29 is 13.5 Å². The maximum Gasteiger partial charge on any atom is 0.243 e. The van der Waals surface area contributed by atoms with Crippen LogP contribution in [0.2, 0.25) is 0 Å². The van der Waals surface area contributed by atoms with Crippen molar-refractivity contribution in [1.82, 2.24) is 20.3 Å². The first kappa shape index (κ1) is 16.1. The van der Waals surface area contributed by atoms with Gasteiger partial charge in [0.1, 0.15) is 5.60 Å². The molecule has 2 aliphatic rings. The number of piperidine rings is 1. The van der Waals surface area contributed by atoms with Gasteiger partial charge in [-0.15, -0.1) is 16.4 Å². The van der Waals surface area contributed by atoms with E-state index in [1.54, 1.807) is 4.68 Å². The number of nitrogens with zero attached hydrogens (tertiary/aromatic N) is 3. The summed E-state index contributed by atoms with van der Waals surface area (Å²) in [4.78, 5) is 1.90. The van der Waals surface area contributed by atoms with Crippen LogP contribution < -0.4 is 5.32 Å². The highest BCUT2D eigenvalue weighted by molar-refractivity contribution is 7.12. The number of fused-ring (bicyclic) bond motifs is 2. The van der Waals surface area contributed by atoms with E-state index in [4.69, 9.17) is 4.74 Å². The number of ether oxygens (including phenoxy) is 1. The number of hydrogen-bond acceptors (Lipinski definition) is 5. The van der Waals surface area contributed by atoms with Crippen molar-refractivity contribution in [3.8, 4) is 0 Å². The number of thiophene rings is 1. The molecule has 2 aromatic rings. The molecule has 0 aromatic carbocycles. The van der Waals surface area contributed by atoms with Crippen molar-refractivity contribution in [2.75, 3.05) is 13.2 Å². The largest absolute Gasteiger partial charge is 0.369 e. The van der Waals surface area contributed by atoms with Crippen LogP contribution in [-0.2, 0) is 30.2 Å². The van der Waals surface area contributed by atoms with E-state index in [1.807, 2.05) is 19.3 Å². The monoisotopic (exact) mass is 354 g/mol. The van der Waals surface area contributed by atoms with Crippen molar-refractivity contribution in [3.05, 3.63) is 33.3 Å². The topological polar surface area (TPSA) is 52.0 Å². The Labute approximate surface area is 143 Å². The van der Waals surface area contributed by atoms with Gasteiger partial charge in [0.05, 0.1) is 18.3 Å². The molecule has 2 atom stereocenters. The maximum absolute atomic E-state index is 12.8. The molecule has 2 aromatic heterocycles. The lowest BCUT2D eigenvalue weighted by atomic mass is 9.82. The summed E-state index contributed by atoms with van der Waals surface area (Å²) >= 11 is 1.50. The van der Waals surface area contributed by atoms with E-state index in [2.05, 4.69) is 15.6 Å². The van der Waals surface area contributed by atoms with Gasteiger partial charge < -0.3 is 10.1 Å². The highest BCUT2D eigenvalue weighted by atomic mass is 32.1. The highest BCUT2D eigenvalue weighted by Gasteiger charge is 2.44. The van der Waals surface area contributed by atoms with E-state index < -0.39 is 6.43 Å². The molecule has 130 valence electrons. The van der Waals surface area contributed by atoms with Gasteiger partial charge in [-0.3, -0.25) is 4.68 Å². The van der Waals surface area contributed by atoms with E-state index in [1.165, 1.54) is 16.9 Å². The predicted molar refractivity (Wildman–Crippen MR) is 86.3 cm³/mol. The summed E-state index contributed by atoms with van der Waals surface area (Å²) < 4.78 is 33.4. The fourth-order valence-corrected chi connectivity index (χ4v) is 5.15. The van der Waals surface area contributed by atoms with Crippen LogP contribution in [0, 0.1) is 0 Å². The smallest absolute Gasteiger partial charge is 0.243 e. The second-order valence-corrected chi connectivity index (χ2v) is 7.67. The molecular formula is C16H20F2N4OS. The van der Waals surface area contributed by atoms with Crippen LogP contribution in [0.15, 0.2) is 12.3 Å². The summed E-state index contributed by atoms with van der Waals surface area (Å²) in [6.07, 6.45) is 1.86. The van der Waals surface area contributed by atoms with Crippen LogP contribution in [0.1, 0.15) is 39.9 Å². The number of hydrogen-bond donors (Lipinski definition) is 1. The Morgan fingerprint density at radius 3 is 3.17 bits per heavy atom. The molecule has 5 nitrogen and oxygen atoms in total. The molecule has 1 saturated heterocycles. The molecule has 8 heteroatoms. The Hall–Kier alpha value is -1.38. The maximum atomic E-state index is 12.8. The second-order valence-electron chi connectivity index (χ2n) is 6.53. The third kappa shape index (κ3) is 2.87. The molecular weight excluding hydrogens is 334 g/mol. The minimum Gasteiger partial charge on any atom is -0.369 e. The average molecular weight is 354 g/mol. The molecule has 24 heavy (non-hydrogen) atoms. The molecule has 4 heterocycles. The molecule has 1 spiro atoms. The van der Waals surface area contributed by atoms with E-state index in [-0.39, 0.29) is 18.1 Å². The summed E-state index contributed by atoms with van der Waals surface area (Å²) in [5.41, 5.74) is 1.70. The lowest BCUT2D eigenvalue weighted by molar-refractivity contribution is -0.0871. The summed E-state index contributed by atoms with van der Waals surface area (Å²) in [6.45, 7) is 1.45. The molecule has 0 bridgehead atoms. The van der Waals surface area contributed by atoms with Crippen molar-refractivity contribution in [3.63, 3.8) is 0 Å².